The van der Waals surface area contributed by atoms with Crippen LogP contribution >= 0.6 is 0 Å². The molecule has 2 saturated heterocycles. The third-order valence-corrected chi connectivity index (χ3v) is 8.85. The van der Waals surface area contributed by atoms with Crippen molar-refractivity contribution in [3.8, 4) is 0 Å². The van der Waals surface area contributed by atoms with Gasteiger partial charge in [0.2, 0.25) is 15.9 Å². The Kier molecular flexibility index (Phi) is 7.22. The molecule has 0 radical (unpaired) electrons. The lowest BCUT2D eigenvalue weighted by Crippen LogP contribution is -2.43. The minimum atomic E-state index is -3.56. The van der Waals surface area contributed by atoms with E-state index in [2.05, 4.69) is 22.3 Å². The minimum absolute atomic E-state index is 0.0685. The average Bonchev–Trinajstić information content (AvgIpc) is 2.92. The normalized spacial score (nSPS) is 19.4. The van der Waals surface area contributed by atoms with E-state index in [1.54, 1.807) is 18.2 Å². The van der Waals surface area contributed by atoms with Crippen molar-refractivity contribution in [2.45, 2.75) is 31.2 Å². The molecular formula is C27H32N4O4S. The number of anilines is 1. The van der Waals surface area contributed by atoms with E-state index >= 15 is 0 Å². The minimum Gasteiger partial charge on any atom is -0.379 e. The van der Waals surface area contributed by atoms with Gasteiger partial charge in [-0.15, -0.1) is 0 Å². The maximum absolute atomic E-state index is 13.0. The molecule has 0 saturated carbocycles. The molecule has 2 fully saturated rings. The highest BCUT2D eigenvalue weighted by Gasteiger charge is 2.28. The van der Waals surface area contributed by atoms with Gasteiger partial charge in [-0.25, -0.2) is 13.4 Å². The maximum Gasteiger partial charge on any atom is 0.243 e. The number of amides is 1. The summed E-state index contributed by atoms with van der Waals surface area (Å²) in [6.07, 6.45) is 1.77. The summed E-state index contributed by atoms with van der Waals surface area (Å²) in [6, 6.07) is 17.1. The lowest BCUT2D eigenvalue weighted by Gasteiger charge is -2.33. The molecule has 0 unspecified atom stereocenters. The summed E-state index contributed by atoms with van der Waals surface area (Å²) in [5, 5.41) is 3.86. The van der Waals surface area contributed by atoms with E-state index in [9.17, 15) is 13.2 Å². The molecule has 0 spiro atoms. The number of piperidine rings is 1. The van der Waals surface area contributed by atoms with Crippen molar-refractivity contribution in [1.29, 1.82) is 0 Å². The van der Waals surface area contributed by atoms with E-state index in [0.29, 0.717) is 39.4 Å². The fraction of sp³-hybridized carbons (Fsp3) is 0.407. The molecule has 2 aliphatic heterocycles. The Balaban J connectivity index is 1.26. The number of aryl methyl sites for hydroxylation is 1. The van der Waals surface area contributed by atoms with E-state index < -0.39 is 10.0 Å². The number of rotatable bonds is 6. The average molecular weight is 509 g/mol. The Morgan fingerprint density at radius 2 is 1.83 bits per heavy atom. The third kappa shape index (κ3) is 5.38. The van der Waals surface area contributed by atoms with Crippen LogP contribution in [0.1, 0.15) is 24.0 Å². The highest BCUT2D eigenvalue weighted by molar-refractivity contribution is 7.89. The van der Waals surface area contributed by atoms with Crippen LogP contribution < -0.4 is 10.2 Å². The van der Waals surface area contributed by atoms with Crippen molar-refractivity contribution in [2.24, 2.45) is 5.92 Å². The number of benzene rings is 2. The molecule has 1 N–H and O–H groups in total. The van der Waals surface area contributed by atoms with Crippen LogP contribution in [0.25, 0.3) is 10.9 Å². The number of nitrogens with one attached hydrogen (secondary N) is 1. The quantitative estimate of drug-likeness (QED) is 0.550. The van der Waals surface area contributed by atoms with Crippen molar-refractivity contribution < 1.29 is 17.9 Å². The molecule has 36 heavy (non-hydrogen) atoms. The van der Waals surface area contributed by atoms with Crippen molar-refractivity contribution in [2.75, 3.05) is 44.3 Å². The van der Waals surface area contributed by atoms with Gasteiger partial charge in [-0.1, -0.05) is 29.8 Å². The smallest absolute Gasteiger partial charge is 0.243 e. The fourth-order valence-corrected chi connectivity index (χ4v) is 6.25. The molecular weight excluding hydrogens is 476 g/mol. The van der Waals surface area contributed by atoms with Crippen LogP contribution in [0.5, 0.6) is 0 Å². The summed E-state index contributed by atoms with van der Waals surface area (Å²) in [7, 11) is -3.56. The third-order valence-electron chi connectivity index (χ3n) is 6.96. The van der Waals surface area contributed by atoms with Gasteiger partial charge in [0, 0.05) is 38.1 Å². The molecule has 1 atom stereocenters. The van der Waals surface area contributed by atoms with Gasteiger partial charge in [0.25, 0.3) is 0 Å². The van der Waals surface area contributed by atoms with Crippen LogP contribution in [-0.2, 0) is 26.1 Å². The Bertz CT molecular complexity index is 1340. The van der Waals surface area contributed by atoms with E-state index in [1.807, 2.05) is 31.2 Å². The number of hydrogen-bond acceptors (Lipinski definition) is 6. The number of sulfonamides is 1. The second kappa shape index (κ2) is 10.5. The second-order valence-electron chi connectivity index (χ2n) is 9.53. The zero-order valence-electron chi connectivity index (χ0n) is 20.5. The molecule has 0 aliphatic carbocycles. The lowest BCUT2D eigenvalue weighted by molar-refractivity contribution is -0.125. The number of nitrogens with zero attached hydrogens (tertiary/aromatic N) is 3. The molecule has 2 aromatic carbocycles. The van der Waals surface area contributed by atoms with E-state index in [4.69, 9.17) is 9.72 Å². The summed E-state index contributed by atoms with van der Waals surface area (Å²) in [5.41, 5.74) is 3.03. The summed E-state index contributed by atoms with van der Waals surface area (Å²) in [6.45, 7) is 5.59. The van der Waals surface area contributed by atoms with Crippen LogP contribution in [0.4, 0.5) is 5.82 Å². The Morgan fingerprint density at radius 1 is 1.06 bits per heavy atom. The highest BCUT2D eigenvalue weighted by Crippen LogP contribution is 2.27. The number of hydrogen-bond donors (Lipinski definition) is 1. The maximum atomic E-state index is 13.0. The molecule has 0 bridgehead atoms. The number of ether oxygens (including phenoxy) is 1. The summed E-state index contributed by atoms with van der Waals surface area (Å²) >= 11 is 0. The zero-order valence-corrected chi connectivity index (χ0v) is 21.3. The summed E-state index contributed by atoms with van der Waals surface area (Å²) < 4.78 is 32.8. The standard InChI is InChI=1S/C27H32N4O4S/c1-20-4-6-21(7-5-20)18-28-27(32)23-3-2-12-30(19-23)26-11-8-22-17-24(9-10-25(22)29-26)36(33,34)31-13-15-35-16-14-31/h4-11,17,23H,2-3,12-16,18-19H2,1H3,(H,28,32)/t23-/m1/s1. The van der Waals surface area contributed by atoms with Crippen molar-refractivity contribution in [3.63, 3.8) is 0 Å². The molecule has 3 heterocycles. The van der Waals surface area contributed by atoms with Gasteiger partial charge in [-0.2, -0.15) is 4.31 Å². The molecule has 1 amide bonds. The van der Waals surface area contributed by atoms with Crippen LogP contribution in [0.15, 0.2) is 59.5 Å². The monoisotopic (exact) mass is 508 g/mol. The van der Waals surface area contributed by atoms with E-state index in [-0.39, 0.29) is 16.7 Å². The Morgan fingerprint density at radius 3 is 2.61 bits per heavy atom. The SMILES string of the molecule is Cc1ccc(CNC(=O)[C@@H]2CCCN(c3ccc4cc(S(=O)(=O)N5CCOCC5)ccc4n3)C2)cc1. The van der Waals surface area contributed by atoms with Crippen LogP contribution in [0.3, 0.4) is 0 Å². The molecule has 3 aromatic rings. The molecule has 9 heteroatoms. The number of carbonyl (C=O) groups is 1. The molecule has 5 rings (SSSR count). The van der Waals surface area contributed by atoms with Crippen LogP contribution in [0, 0.1) is 12.8 Å². The molecule has 1 aromatic heterocycles. The summed E-state index contributed by atoms with van der Waals surface area (Å²) in [5.74, 6) is 0.782. The first kappa shape index (κ1) is 24.7. The largest absolute Gasteiger partial charge is 0.379 e. The summed E-state index contributed by atoms with van der Waals surface area (Å²) in [4.78, 5) is 20.1. The van der Waals surface area contributed by atoms with Crippen LogP contribution in [-0.4, -0.2) is 63.0 Å². The highest BCUT2D eigenvalue weighted by atomic mass is 32.2. The van der Waals surface area contributed by atoms with Gasteiger partial charge in [0.05, 0.1) is 29.5 Å². The zero-order chi connectivity index (χ0) is 25.1. The van der Waals surface area contributed by atoms with E-state index in [0.717, 1.165) is 41.7 Å². The van der Waals surface area contributed by atoms with Gasteiger partial charge in [-0.3, -0.25) is 4.79 Å². The predicted octanol–water partition coefficient (Wildman–Crippen LogP) is 3.10. The first-order valence-electron chi connectivity index (χ1n) is 12.5. The number of pyridine rings is 1. The Hall–Kier alpha value is -3.01. The van der Waals surface area contributed by atoms with Crippen molar-refractivity contribution in [3.05, 3.63) is 65.7 Å². The molecule has 8 nitrogen and oxygen atoms in total. The van der Waals surface area contributed by atoms with Gasteiger partial charge >= 0.3 is 0 Å². The second-order valence-corrected chi connectivity index (χ2v) is 11.5. The lowest BCUT2D eigenvalue weighted by atomic mass is 9.97. The van der Waals surface area contributed by atoms with Gasteiger partial charge in [0.15, 0.2) is 0 Å². The number of carbonyl (C=O) groups excluding carboxylic acids is 1. The molecule has 2 aliphatic rings. The number of fused-ring (bicyclic) bond motifs is 1. The topological polar surface area (TPSA) is 91.8 Å². The Labute approximate surface area is 212 Å². The van der Waals surface area contributed by atoms with E-state index in [1.165, 1.54) is 9.87 Å². The van der Waals surface area contributed by atoms with Gasteiger partial charge < -0.3 is 15.0 Å². The number of aromatic nitrogens is 1. The predicted molar refractivity (Wildman–Crippen MR) is 139 cm³/mol. The van der Waals surface area contributed by atoms with Crippen molar-refractivity contribution >= 4 is 32.7 Å². The fourth-order valence-electron chi connectivity index (χ4n) is 4.80. The molecule has 190 valence electrons. The first-order valence-corrected chi connectivity index (χ1v) is 13.9. The first-order chi connectivity index (χ1) is 17.4. The number of morpholine rings is 1. The van der Waals surface area contributed by atoms with Crippen molar-refractivity contribution in [1.82, 2.24) is 14.6 Å². The van der Waals surface area contributed by atoms with Gasteiger partial charge in [0.1, 0.15) is 5.82 Å². The van der Waals surface area contributed by atoms with Crippen LogP contribution in [0.2, 0.25) is 0 Å². The van der Waals surface area contributed by atoms with Gasteiger partial charge in [-0.05, 0) is 55.7 Å².